The van der Waals surface area contributed by atoms with Crippen LogP contribution in [-0.2, 0) is 11.0 Å². The van der Waals surface area contributed by atoms with Crippen LogP contribution < -0.4 is 0 Å². The normalized spacial score (nSPS) is 14.5. The number of aromatic nitrogens is 2. The van der Waals surface area contributed by atoms with Gasteiger partial charge in [0, 0.05) is 31.7 Å². The first-order chi connectivity index (χ1) is 19.3. The summed E-state index contributed by atoms with van der Waals surface area (Å²) in [6, 6.07) is 26.3. The van der Waals surface area contributed by atoms with Crippen LogP contribution in [0.1, 0.15) is 22.9 Å². The number of carbonyl (C=O) groups is 1. The van der Waals surface area contributed by atoms with Crippen molar-refractivity contribution in [3.05, 3.63) is 114 Å². The second-order valence-corrected chi connectivity index (χ2v) is 10.3. The van der Waals surface area contributed by atoms with Gasteiger partial charge in [-0.15, -0.1) is 0 Å². The quantitative estimate of drug-likeness (QED) is 0.149. The molecule has 3 aromatic carbocycles. The van der Waals surface area contributed by atoms with Gasteiger partial charge < -0.3 is 4.90 Å². The van der Waals surface area contributed by atoms with Crippen LogP contribution >= 0.6 is 11.8 Å². The van der Waals surface area contributed by atoms with Crippen LogP contribution in [0.25, 0.3) is 11.3 Å². The summed E-state index contributed by atoms with van der Waals surface area (Å²) < 4.78 is 53.9. The van der Waals surface area contributed by atoms with E-state index in [4.69, 9.17) is 0 Å². The minimum absolute atomic E-state index is 0.0127. The number of rotatable bonds is 7. The first kappa shape index (κ1) is 27.8. The first-order valence-corrected chi connectivity index (χ1v) is 13.7. The van der Waals surface area contributed by atoms with Crippen molar-refractivity contribution in [2.24, 2.45) is 0 Å². The fourth-order valence-corrected chi connectivity index (χ4v) is 5.50. The van der Waals surface area contributed by atoms with Crippen LogP contribution in [0, 0.1) is 5.82 Å². The molecule has 0 unspecified atom stereocenters. The van der Waals surface area contributed by atoms with Crippen LogP contribution in [0.5, 0.6) is 0 Å². The second kappa shape index (κ2) is 12.2. The van der Waals surface area contributed by atoms with Crippen LogP contribution in [-0.4, -0.2) is 57.6 Å². The molecular formula is C30H26F4N4OS. The highest BCUT2D eigenvalue weighted by atomic mass is 32.2. The monoisotopic (exact) mass is 566 g/mol. The molecule has 0 atom stereocenters. The van der Waals surface area contributed by atoms with Gasteiger partial charge in [0.05, 0.1) is 17.5 Å². The molecule has 0 saturated carbocycles. The van der Waals surface area contributed by atoms with E-state index in [2.05, 4.69) is 39.1 Å². The van der Waals surface area contributed by atoms with E-state index < -0.39 is 17.7 Å². The third-order valence-electron chi connectivity index (χ3n) is 6.72. The number of hydrogen-bond acceptors (Lipinski definition) is 5. The summed E-state index contributed by atoms with van der Waals surface area (Å²) in [5.74, 6) is -0.789. The zero-order chi connectivity index (χ0) is 28.1. The van der Waals surface area contributed by atoms with E-state index in [0.717, 1.165) is 30.0 Å². The maximum atomic E-state index is 13.5. The maximum Gasteiger partial charge on any atom is 0.433 e. The zero-order valence-electron chi connectivity index (χ0n) is 21.4. The maximum absolute atomic E-state index is 13.5. The van der Waals surface area contributed by atoms with Crippen molar-refractivity contribution in [3.63, 3.8) is 0 Å². The number of hydrogen-bond donors (Lipinski definition) is 0. The van der Waals surface area contributed by atoms with Gasteiger partial charge in [-0.25, -0.2) is 14.4 Å². The Morgan fingerprint density at radius 3 is 1.95 bits per heavy atom. The van der Waals surface area contributed by atoms with Gasteiger partial charge in [0.15, 0.2) is 5.16 Å². The number of carbonyl (C=O) groups excluding carboxylic acids is 1. The van der Waals surface area contributed by atoms with Gasteiger partial charge in [-0.1, -0.05) is 72.4 Å². The molecule has 1 saturated heterocycles. The van der Waals surface area contributed by atoms with E-state index in [9.17, 15) is 22.4 Å². The highest BCUT2D eigenvalue weighted by Crippen LogP contribution is 2.33. The van der Waals surface area contributed by atoms with E-state index in [1.54, 1.807) is 4.90 Å². The standard InChI is InChI=1S/C30H26F4N4OS/c31-24-13-11-21(12-14-24)25-19-26(30(32,33)34)36-29(35-25)40-20-27(39)37-15-17-38(18-16-37)28(22-7-3-1-4-8-22)23-9-5-2-6-10-23/h1-14,19,28H,15-18,20H2. The third-order valence-corrected chi connectivity index (χ3v) is 7.56. The van der Waals surface area contributed by atoms with Crippen molar-refractivity contribution in [3.8, 4) is 11.3 Å². The molecule has 1 aliphatic rings. The SMILES string of the molecule is O=C(CSc1nc(-c2ccc(F)cc2)cc(C(F)(F)F)n1)N1CCN(C(c2ccccc2)c2ccccc2)CC1. The highest BCUT2D eigenvalue weighted by Gasteiger charge is 2.34. The lowest BCUT2D eigenvalue weighted by molar-refractivity contribution is -0.141. The number of alkyl halides is 3. The van der Waals surface area contributed by atoms with Crippen molar-refractivity contribution in [2.75, 3.05) is 31.9 Å². The van der Waals surface area contributed by atoms with Crippen molar-refractivity contribution in [2.45, 2.75) is 17.4 Å². The Bertz CT molecular complexity index is 1390. The number of thioether (sulfide) groups is 1. The number of piperazine rings is 1. The molecule has 2 heterocycles. The molecule has 5 rings (SSSR count). The molecule has 5 nitrogen and oxygen atoms in total. The average Bonchev–Trinajstić information content (AvgIpc) is 2.97. The fraction of sp³-hybridized carbons (Fsp3) is 0.233. The number of benzene rings is 3. The highest BCUT2D eigenvalue weighted by molar-refractivity contribution is 7.99. The summed E-state index contributed by atoms with van der Waals surface area (Å²) in [5, 5.41) is -0.158. The fourth-order valence-electron chi connectivity index (χ4n) is 4.74. The molecular weight excluding hydrogens is 540 g/mol. The van der Waals surface area contributed by atoms with Gasteiger partial charge in [-0.3, -0.25) is 9.69 Å². The van der Waals surface area contributed by atoms with E-state index in [-0.39, 0.29) is 28.6 Å². The summed E-state index contributed by atoms with van der Waals surface area (Å²) >= 11 is 0.864. The van der Waals surface area contributed by atoms with Crippen molar-refractivity contribution in [1.29, 1.82) is 0 Å². The summed E-state index contributed by atoms with van der Waals surface area (Å²) in [4.78, 5) is 25.0. The largest absolute Gasteiger partial charge is 0.433 e. The predicted octanol–water partition coefficient (Wildman–Crippen LogP) is 6.33. The molecule has 1 fully saturated rings. The molecule has 0 radical (unpaired) electrons. The number of amides is 1. The van der Waals surface area contributed by atoms with Crippen LogP contribution in [0.3, 0.4) is 0 Å². The van der Waals surface area contributed by atoms with E-state index in [1.165, 1.54) is 23.3 Å². The van der Waals surface area contributed by atoms with Gasteiger partial charge in [-0.2, -0.15) is 13.2 Å². The van der Waals surface area contributed by atoms with Gasteiger partial charge in [0.1, 0.15) is 11.5 Å². The molecule has 4 aromatic rings. The molecule has 206 valence electrons. The molecule has 1 amide bonds. The average molecular weight is 567 g/mol. The van der Waals surface area contributed by atoms with Crippen molar-refractivity contribution in [1.82, 2.24) is 19.8 Å². The van der Waals surface area contributed by atoms with Gasteiger partial charge in [-0.05, 0) is 41.5 Å². The summed E-state index contributed by atoms with van der Waals surface area (Å²) in [6.45, 7) is 2.30. The molecule has 0 spiro atoms. The minimum atomic E-state index is -4.69. The van der Waals surface area contributed by atoms with E-state index in [1.807, 2.05) is 36.4 Å². The Balaban J connectivity index is 1.25. The minimum Gasteiger partial charge on any atom is -0.339 e. The molecule has 1 aromatic heterocycles. The van der Waals surface area contributed by atoms with Crippen LogP contribution in [0.2, 0.25) is 0 Å². The Morgan fingerprint density at radius 1 is 0.825 bits per heavy atom. The lowest BCUT2D eigenvalue weighted by atomic mass is 9.96. The van der Waals surface area contributed by atoms with Gasteiger partial charge in [0.25, 0.3) is 0 Å². The van der Waals surface area contributed by atoms with Crippen molar-refractivity contribution >= 4 is 17.7 Å². The molecule has 0 bridgehead atoms. The Kier molecular flexibility index (Phi) is 8.46. The van der Waals surface area contributed by atoms with Crippen LogP contribution in [0.4, 0.5) is 17.6 Å². The molecule has 10 heteroatoms. The molecule has 1 aliphatic heterocycles. The predicted molar refractivity (Wildman–Crippen MR) is 146 cm³/mol. The van der Waals surface area contributed by atoms with E-state index in [0.29, 0.717) is 31.7 Å². The lowest BCUT2D eigenvalue weighted by Gasteiger charge is -2.39. The topological polar surface area (TPSA) is 49.3 Å². The zero-order valence-corrected chi connectivity index (χ0v) is 22.2. The van der Waals surface area contributed by atoms with E-state index >= 15 is 0 Å². The first-order valence-electron chi connectivity index (χ1n) is 12.7. The summed E-state index contributed by atoms with van der Waals surface area (Å²) in [5.41, 5.74) is 1.56. The number of halogens is 4. The Hall–Kier alpha value is -3.76. The molecule has 0 aliphatic carbocycles. The Labute approximate surface area is 233 Å². The molecule has 40 heavy (non-hydrogen) atoms. The Morgan fingerprint density at radius 2 is 1.40 bits per heavy atom. The van der Waals surface area contributed by atoms with Crippen LogP contribution in [0.15, 0.2) is 96.2 Å². The lowest BCUT2D eigenvalue weighted by Crippen LogP contribution is -2.50. The smallest absolute Gasteiger partial charge is 0.339 e. The third kappa shape index (κ3) is 6.68. The second-order valence-electron chi connectivity index (χ2n) is 9.35. The summed E-state index contributed by atoms with van der Waals surface area (Å²) in [7, 11) is 0. The van der Waals surface area contributed by atoms with Crippen molar-refractivity contribution < 1.29 is 22.4 Å². The molecule has 0 N–H and O–H groups in total. The summed E-state index contributed by atoms with van der Waals surface area (Å²) in [6.07, 6.45) is -4.69. The van der Waals surface area contributed by atoms with Gasteiger partial charge >= 0.3 is 6.18 Å². The number of nitrogens with zero attached hydrogens (tertiary/aromatic N) is 4. The van der Waals surface area contributed by atoms with Gasteiger partial charge in [0.2, 0.25) is 5.91 Å².